The Labute approximate surface area is 116 Å². The molecule has 1 unspecified atom stereocenters. The van der Waals surface area contributed by atoms with Crippen molar-refractivity contribution < 1.29 is 9.59 Å². The molecule has 1 N–H and O–H groups in total. The summed E-state index contributed by atoms with van der Waals surface area (Å²) >= 11 is 5.89. The van der Waals surface area contributed by atoms with Gasteiger partial charge in [0.2, 0.25) is 5.91 Å². The predicted octanol–water partition coefficient (Wildman–Crippen LogP) is 1.25. The number of carbonyl (C=O) groups is 2. The molecule has 2 amide bonds. The van der Waals surface area contributed by atoms with E-state index < -0.39 is 6.04 Å². The van der Waals surface area contributed by atoms with E-state index in [0.29, 0.717) is 36.1 Å². The first-order valence-electron chi connectivity index (χ1n) is 6.11. The maximum absolute atomic E-state index is 11.9. The van der Waals surface area contributed by atoms with E-state index >= 15 is 0 Å². The molecule has 1 aliphatic heterocycles. The Bertz CT molecular complexity index is 520. The van der Waals surface area contributed by atoms with Crippen LogP contribution in [0.1, 0.15) is 25.6 Å². The highest BCUT2D eigenvalue weighted by Crippen LogP contribution is 2.18. The van der Waals surface area contributed by atoms with Gasteiger partial charge in [-0.15, -0.1) is 0 Å². The Hall–Kier alpha value is -1.69. The zero-order valence-electron chi connectivity index (χ0n) is 10.8. The van der Waals surface area contributed by atoms with E-state index in [9.17, 15) is 9.59 Å². The fourth-order valence-electron chi connectivity index (χ4n) is 1.92. The van der Waals surface area contributed by atoms with Crippen molar-refractivity contribution in [2.75, 3.05) is 12.4 Å². The number of imide groups is 1. The molecule has 1 fully saturated rings. The van der Waals surface area contributed by atoms with Crippen molar-refractivity contribution in [2.45, 2.75) is 32.2 Å². The summed E-state index contributed by atoms with van der Waals surface area (Å²) in [6.45, 7) is 1.92. The molecule has 0 spiro atoms. The second-order valence-corrected chi connectivity index (χ2v) is 4.76. The molecule has 1 saturated heterocycles. The fourth-order valence-corrected chi connectivity index (χ4v) is 2.13. The molecule has 2 rings (SSSR count). The van der Waals surface area contributed by atoms with E-state index in [-0.39, 0.29) is 11.8 Å². The highest BCUT2D eigenvalue weighted by Gasteiger charge is 2.31. The van der Waals surface area contributed by atoms with E-state index in [1.165, 1.54) is 7.05 Å². The van der Waals surface area contributed by atoms with Crippen LogP contribution in [-0.4, -0.2) is 39.8 Å². The van der Waals surface area contributed by atoms with Crippen molar-refractivity contribution in [1.82, 2.24) is 14.9 Å². The molecule has 6 nitrogen and oxygen atoms in total. The van der Waals surface area contributed by atoms with Crippen LogP contribution in [0.5, 0.6) is 0 Å². The topological polar surface area (TPSA) is 75.2 Å². The second-order valence-electron chi connectivity index (χ2n) is 4.37. The molecule has 1 atom stereocenters. The quantitative estimate of drug-likeness (QED) is 0.667. The van der Waals surface area contributed by atoms with Crippen LogP contribution in [-0.2, 0) is 16.0 Å². The fraction of sp³-hybridized carbons (Fsp3) is 0.500. The Morgan fingerprint density at radius 2 is 2.21 bits per heavy atom. The molecule has 0 bridgehead atoms. The van der Waals surface area contributed by atoms with Gasteiger partial charge >= 0.3 is 0 Å². The first-order chi connectivity index (χ1) is 9.01. The molecule has 102 valence electrons. The standard InChI is InChI=1S/C12H15ClN4O2/c1-3-9-15-8(13)6-10(16-9)14-7-4-5-11(18)17(2)12(7)19/h6-7H,3-5H2,1-2H3,(H,14,15,16). The molecule has 1 aromatic heterocycles. The normalized spacial score (nSPS) is 19.7. The highest BCUT2D eigenvalue weighted by molar-refractivity contribution is 6.29. The number of amides is 2. The minimum atomic E-state index is -0.446. The van der Waals surface area contributed by atoms with Crippen LogP contribution in [0.4, 0.5) is 5.82 Å². The highest BCUT2D eigenvalue weighted by atomic mass is 35.5. The van der Waals surface area contributed by atoms with Gasteiger partial charge in [0.15, 0.2) is 0 Å². The third kappa shape index (κ3) is 3.01. The van der Waals surface area contributed by atoms with Crippen LogP contribution in [0.25, 0.3) is 0 Å². The zero-order chi connectivity index (χ0) is 14.0. The summed E-state index contributed by atoms with van der Waals surface area (Å²) in [6, 6.07) is 1.13. The number of hydrogen-bond acceptors (Lipinski definition) is 5. The summed E-state index contributed by atoms with van der Waals surface area (Å²) in [6.07, 6.45) is 1.47. The SMILES string of the molecule is CCc1nc(Cl)cc(NC2CCC(=O)N(C)C2=O)n1. The molecule has 2 heterocycles. The average Bonchev–Trinajstić information content (AvgIpc) is 2.39. The number of nitrogens with one attached hydrogen (secondary N) is 1. The number of aryl methyl sites for hydroxylation is 1. The van der Waals surface area contributed by atoms with Gasteiger partial charge in [-0.25, -0.2) is 9.97 Å². The average molecular weight is 283 g/mol. The van der Waals surface area contributed by atoms with Crippen molar-refractivity contribution in [3.63, 3.8) is 0 Å². The summed E-state index contributed by atoms with van der Waals surface area (Å²) in [5.74, 6) is 0.725. The summed E-state index contributed by atoms with van der Waals surface area (Å²) < 4.78 is 0. The first-order valence-corrected chi connectivity index (χ1v) is 6.49. The monoisotopic (exact) mass is 282 g/mol. The predicted molar refractivity (Wildman–Crippen MR) is 70.8 cm³/mol. The van der Waals surface area contributed by atoms with Crippen molar-refractivity contribution in [3.05, 3.63) is 17.0 Å². The number of aromatic nitrogens is 2. The third-order valence-electron chi connectivity index (χ3n) is 3.03. The summed E-state index contributed by atoms with van der Waals surface area (Å²) in [7, 11) is 1.49. The van der Waals surface area contributed by atoms with Crippen molar-refractivity contribution in [2.24, 2.45) is 0 Å². The van der Waals surface area contributed by atoms with Crippen molar-refractivity contribution in [1.29, 1.82) is 0 Å². The molecule has 0 saturated carbocycles. The Morgan fingerprint density at radius 1 is 1.47 bits per heavy atom. The minimum absolute atomic E-state index is 0.155. The molecular weight excluding hydrogens is 268 g/mol. The number of nitrogens with zero attached hydrogens (tertiary/aromatic N) is 3. The van der Waals surface area contributed by atoms with Gasteiger partial charge in [0.1, 0.15) is 22.8 Å². The first kappa shape index (κ1) is 13.7. The van der Waals surface area contributed by atoms with Gasteiger partial charge in [-0.05, 0) is 6.42 Å². The van der Waals surface area contributed by atoms with Crippen LogP contribution in [0, 0.1) is 0 Å². The number of likely N-dealkylation sites (N-methyl/N-ethyl adjacent to an activating group) is 1. The van der Waals surface area contributed by atoms with Gasteiger partial charge in [-0.2, -0.15) is 0 Å². The molecule has 0 aromatic carbocycles. The second kappa shape index (κ2) is 5.52. The van der Waals surface area contributed by atoms with Crippen molar-refractivity contribution >= 4 is 29.2 Å². The van der Waals surface area contributed by atoms with Gasteiger partial charge in [-0.1, -0.05) is 18.5 Å². The Kier molecular flexibility index (Phi) is 3.99. The van der Waals surface area contributed by atoms with Crippen LogP contribution >= 0.6 is 11.6 Å². The smallest absolute Gasteiger partial charge is 0.251 e. The van der Waals surface area contributed by atoms with Gasteiger partial charge in [0, 0.05) is 26.0 Å². The van der Waals surface area contributed by atoms with Crippen LogP contribution < -0.4 is 5.32 Å². The Morgan fingerprint density at radius 3 is 2.89 bits per heavy atom. The number of likely N-dealkylation sites (tertiary alicyclic amines) is 1. The van der Waals surface area contributed by atoms with Gasteiger partial charge in [-0.3, -0.25) is 14.5 Å². The van der Waals surface area contributed by atoms with E-state index in [2.05, 4.69) is 15.3 Å². The minimum Gasteiger partial charge on any atom is -0.358 e. The number of rotatable bonds is 3. The number of anilines is 1. The molecule has 1 aromatic rings. The molecule has 0 aliphatic carbocycles. The number of carbonyl (C=O) groups excluding carboxylic acids is 2. The van der Waals surface area contributed by atoms with Gasteiger partial charge in [0.05, 0.1) is 0 Å². The zero-order valence-corrected chi connectivity index (χ0v) is 11.6. The lowest BCUT2D eigenvalue weighted by Crippen LogP contribution is -2.48. The summed E-state index contributed by atoms with van der Waals surface area (Å²) in [4.78, 5) is 32.8. The van der Waals surface area contributed by atoms with E-state index in [1.54, 1.807) is 6.07 Å². The third-order valence-corrected chi connectivity index (χ3v) is 3.22. The molecule has 1 aliphatic rings. The maximum Gasteiger partial charge on any atom is 0.251 e. The molecular formula is C12H15ClN4O2. The van der Waals surface area contributed by atoms with E-state index in [4.69, 9.17) is 11.6 Å². The Balaban J connectivity index is 2.15. The number of hydrogen-bond donors (Lipinski definition) is 1. The number of piperidine rings is 1. The van der Waals surface area contributed by atoms with Crippen LogP contribution in [0.15, 0.2) is 6.07 Å². The number of halogens is 1. The van der Waals surface area contributed by atoms with E-state index in [1.807, 2.05) is 6.92 Å². The lowest BCUT2D eigenvalue weighted by Gasteiger charge is -2.28. The lowest BCUT2D eigenvalue weighted by molar-refractivity contribution is -0.146. The maximum atomic E-state index is 11.9. The van der Waals surface area contributed by atoms with Crippen molar-refractivity contribution in [3.8, 4) is 0 Å². The van der Waals surface area contributed by atoms with Gasteiger partial charge < -0.3 is 5.32 Å². The van der Waals surface area contributed by atoms with Crippen LogP contribution in [0.2, 0.25) is 5.15 Å². The summed E-state index contributed by atoms with van der Waals surface area (Å²) in [5.41, 5.74) is 0. The summed E-state index contributed by atoms with van der Waals surface area (Å²) in [5, 5.41) is 3.35. The molecule has 7 heteroatoms. The largest absolute Gasteiger partial charge is 0.358 e. The van der Waals surface area contributed by atoms with Crippen LogP contribution in [0.3, 0.4) is 0 Å². The van der Waals surface area contributed by atoms with Gasteiger partial charge in [0.25, 0.3) is 5.91 Å². The molecule has 19 heavy (non-hydrogen) atoms. The lowest BCUT2D eigenvalue weighted by atomic mass is 10.0. The molecule has 0 radical (unpaired) electrons. The van der Waals surface area contributed by atoms with E-state index in [0.717, 1.165) is 4.90 Å².